The predicted octanol–water partition coefficient (Wildman–Crippen LogP) is 3.40. The van der Waals surface area contributed by atoms with Crippen molar-refractivity contribution in [2.45, 2.75) is 30.0 Å². The maximum atomic E-state index is 12.9. The third-order valence-electron chi connectivity index (χ3n) is 5.08. The van der Waals surface area contributed by atoms with Gasteiger partial charge in [-0.3, -0.25) is 4.90 Å². The van der Waals surface area contributed by atoms with Gasteiger partial charge in [0.25, 0.3) is 0 Å². The fourth-order valence-electron chi connectivity index (χ4n) is 3.58. The summed E-state index contributed by atoms with van der Waals surface area (Å²) in [5.74, 6) is 1.52. The molecule has 0 bridgehead atoms. The van der Waals surface area contributed by atoms with Gasteiger partial charge in [0.05, 0.1) is 24.2 Å². The standard InChI is InChI=1S/C19H20F3N5S/c1-12-8-24-16-15(12)17(26-11-25-16)27-6-5-18(23,9-27)10-28-14-4-2-3-13(7-14)19(20,21)22/h2-4,7-8,11H,5-6,9-10,23H2,1H3,(H,24,25,26)/p+1. The average molecular weight is 408 g/mol. The van der Waals surface area contributed by atoms with Crippen molar-refractivity contribution in [3.05, 3.63) is 47.9 Å². The van der Waals surface area contributed by atoms with Crippen LogP contribution in [-0.4, -0.2) is 34.3 Å². The number of hydrogen-bond acceptors (Lipinski definition) is 4. The summed E-state index contributed by atoms with van der Waals surface area (Å²) >= 11 is 1.37. The van der Waals surface area contributed by atoms with Crippen LogP contribution >= 0.6 is 11.8 Å². The lowest BCUT2D eigenvalue weighted by Crippen LogP contribution is -2.45. The van der Waals surface area contributed by atoms with Crippen molar-refractivity contribution >= 4 is 28.6 Å². The lowest BCUT2D eigenvalue weighted by Gasteiger charge is -2.22. The van der Waals surface area contributed by atoms with Crippen LogP contribution < -0.4 is 15.6 Å². The lowest BCUT2D eigenvalue weighted by atomic mass is 10.0. The molecular weight excluding hydrogens is 387 g/mol. The highest BCUT2D eigenvalue weighted by molar-refractivity contribution is 7.99. The molecule has 1 aliphatic heterocycles. The van der Waals surface area contributed by atoms with Crippen LogP contribution in [0.25, 0.3) is 11.0 Å². The molecule has 0 spiro atoms. The molecule has 0 amide bonds. The molecule has 1 fully saturated rings. The second-order valence-corrected chi connectivity index (χ2v) is 8.34. The zero-order valence-electron chi connectivity index (χ0n) is 15.3. The van der Waals surface area contributed by atoms with Crippen molar-refractivity contribution in [1.29, 1.82) is 0 Å². The summed E-state index contributed by atoms with van der Waals surface area (Å²) in [4.78, 5) is 13.5. The van der Waals surface area contributed by atoms with E-state index in [0.717, 1.165) is 41.4 Å². The van der Waals surface area contributed by atoms with E-state index in [9.17, 15) is 13.2 Å². The number of anilines is 1. The fourth-order valence-corrected chi connectivity index (χ4v) is 4.66. The lowest BCUT2D eigenvalue weighted by molar-refractivity contribution is -0.366. The number of alkyl halides is 3. The van der Waals surface area contributed by atoms with Crippen LogP contribution in [0, 0.1) is 6.92 Å². The molecule has 4 N–H and O–H groups in total. The first-order valence-corrected chi connectivity index (χ1v) is 9.92. The number of aromatic amines is 2. The van der Waals surface area contributed by atoms with Crippen molar-refractivity contribution in [2.24, 2.45) is 5.73 Å². The zero-order chi connectivity index (χ0) is 19.9. The number of aromatic nitrogens is 3. The van der Waals surface area contributed by atoms with Gasteiger partial charge in [-0.15, -0.1) is 11.8 Å². The second kappa shape index (κ2) is 6.97. The molecule has 1 atom stereocenters. The van der Waals surface area contributed by atoms with Crippen molar-refractivity contribution in [2.75, 3.05) is 23.7 Å². The van der Waals surface area contributed by atoms with E-state index in [2.05, 4.69) is 19.9 Å². The van der Waals surface area contributed by atoms with E-state index >= 15 is 0 Å². The largest absolute Gasteiger partial charge is 0.416 e. The number of H-pyrrole nitrogens is 2. The van der Waals surface area contributed by atoms with Crippen molar-refractivity contribution in [3.63, 3.8) is 0 Å². The molecule has 0 saturated carbocycles. The van der Waals surface area contributed by atoms with Gasteiger partial charge in [-0.1, -0.05) is 11.1 Å². The predicted molar refractivity (Wildman–Crippen MR) is 103 cm³/mol. The maximum absolute atomic E-state index is 12.9. The highest BCUT2D eigenvalue weighted by Gasteiger charge is 2.39. The topological polar surface area (TPSA) is 72.1 Å². The molecule has 2 aromatic heterocycles. The van der Waals surface area contributed by atoms with Crippen LogP contribution in [0.1, 0.15) is 17.5 Å². The molecule has 3 aromatic rings. The maximum Gasteiger partial charge on any atom is 0.416 e. The Morgan fingerprint density at radius 2 is 2.21 bits per heavy atom. The van der Waals surface area contributed by atoms with E-state index in [1.54, 1.807) is 12.4 Å². The van der Waals surface area contributed by atoms with Gasteiger partial charge in [-0.2, -0.15) is 13.2 Å². The van der Waals surface area contributed by atoms with E-state index in [4.69, 9.17) is 5.73 Å². The summed E-state index contributed by atoms with van der Waals surface area (Å²) in [6.45, 7) is 3.42. The first-order valence-electron chi connectivity index (χ1n) is 8.93. The minimum atomic E-state index is -4.34. The Kier molecular flexibility index (Phi) is 4.75. The van der Waals surface area contributed by atoms with Crippen molar-refractivity contribution in [1.82, 2.24) is 9.97 Å². The molecule has 9 heteroatoms. The number of nitrogens with two attached hydrogens (primary N) is 1. The number of nitrogens with one attached hydrogen (secondary N) is 2. The molecule has 3 heterocycles. The number of nitrogens with zero attached hydrogens (tertiary/aromatic N) is 2. The molecule has 1 saturated heterocycles. The number of aryl methyl sites for hydroxylation is 1. The summed E-state index contributed by atoms with van der Waals surface area (Å²) < 4.78 is 38.7. The van der Waals surface area contributed by atoms with E-state index in [1.807, 2.05) is 13.1 Å². The first-order chi connectivity index (χ1) is 13.3. The second-order valence-electron chi connectivity index (χ2n) is 7.29. The highest BCUT2D eigenvalue weighted by atomic mass is 32.2. The Hall–Kier alpha value is -2.26. The summed E-state index contributed by atoms with van der Waals surface area (Å²) in [6.07, 6.45) is 0.00393. The molecule has 1 aliphatic rings. The number of thioether (sulfide) groups is 1. The molecular formula is C19H21F3N5S+. The SMILES string of the molecule is Cc1c[nH]c2nc[nH+]c(N3CCC(N)(CSc4cccc(C(F)(F)F)c4)C3)c12. The third kappa shape index (κ3) is 3.68. The Labute approximate surface area is 164 Å². The Balaban J connectivity index is 1.48. The van der Waals surface area contributed by atoms with E-state index in [0.29, 0.717) is 17.2 Å². The van der Waals surface area contributed by atoms with Gasteiger partial charge in [0.2, 0.25) is 17.8 Å². The van der Waals surface area contributed by atoms with Crippen LogP contribution in [0.3, 0.4) is 0 Å². The van der Waals surface area contributed by atoms with Crippen LogP contribution in [-0.2, 0) is 6.18 Å². The summed E-state index contributed by atoms with van der Waals surface area (Å²) in [5, 5.41) is 1.04. The van der Waals surface area contributed by atoms with Gasteiger partial charge in [0, 0.05) is 16.8 Å². The molecule has 1 aromatic carbocycles. The third-order valence-corrected chi connectivity index (χ3v) is 6.38. The minimum absolute atomic E-state index is 0.480. The molecule has 1 unspecified atom stereocenters. The van der Waals surface area contributed by atoms with Crippen LogP contribution in [0.5, 0.6) is 0 Å². The minimum Gasteiger partial charge on any atom is -0.332 e. The Morgan fingerprint density at radius 3 is 3.00 bits per heavy atom. The molecule has 5 nitrogen and oxygen atoms in total. The number of halogens is 3. The molecule has 0 aliphatic carbocycles. The van der Waals surface area contributed by atoms with Gasteiger partial charge >= 0.3 is 6.18 Å². The monoisotopic (exact) mass is 408 g/mol. The number of fused-ring (bicyclic) bond motifs is 1. The van der Waals surface area contributed by atoms with E-state index < -0.39 is 17.3 Å². The summed E-state index contributed by atoms with van der Waals surface area (Å²) in [5.41, 5.74) is 7.40. The average Bonchev–Trinajstić information content (AvgIpc) is 3.24. The zero-order valence-corrected chi connectivity index (χ0v) is 16.1. The molecule has 148 valence electrons. The van der Waals surface area contributed by atoms with Crippen LogP contribution in [0.15, 0.2) is 41.7 Å². The molecule has 4 rings (SSSR count). The van der Waals surface area contributed by atoms with Crippen molar-refractivity contribution in [3.8, 4) is 0 Å². The van der Waals surface area contributed by atoms with Gasteiger partial charge in [0.15, 0.2) is 0 Å². The molecule has 0 radical (unpaired) electrons. The normalized spacial score (nSPS) is 20.2. The van der Waals surface area contributed by atoms with Crippen LogP contribution in [0.4, 0.5) is 19.0 Å². The van der Waals surface area contributed by atoms with Gasteiger partial charge in [-0.05, 0) is 37.1 Å². The fraction of sp³-hybridized carbons (Fsp3) is 0.368. The van der Waals surface area contributed by atoms with Gasteiger partial charge in [-0.25, -0.2) is 4.98 Å². The Bertz CT molecular complexity index is 1000. The van der Waals surface area contributed by atoms with Gasteiger partial charge in [0.1, 0.15) is 5.39 Å². The van der Waals surface area contributed by atoms with E-state index in [1.165, 1.54) is 23.9 Å². The highest BCUT2D eigenvalue weighted by Crippen LogP contribution is 2.35. The summed E-state index contributed by atoms with van der Waals surface area (Å²) in [6, 6.07) is 5.40. The summed E-state index contributed by atoms with van der Waals surface area (Å²) in [7, 11) is 0. The molecule has 28 heavy (non-hydrogen) atoms. The van der Waals surface area contributed by atoms with E-state index in [-0.39, 0.29) is 0 Å². The van der Waals surface area contributed by atoms with Crippen LogP contribution in [0.2, 0.25) is 0 Å². The smallest absolute Gasteiger partial charge is 0.332 e. The van der Waals surface area contributed by atoms with Gasteiger partial charge < -0.3 is 10.7 Å². The quantitative estimate of drug-likeness (QED) is 0.649. The number of hydrogen-bond donors (Lipinski definition) is 2. The first kappa shape index (κ1) is 19.1. The van der Waals surface area contributed by atoms with Crippen molar-refractivity contribution < 1.29 is 18.2 Å². The number of benzene rings is 1. The number of rotatable bonds is 4. The Morgan fingerprint density at radius 1 is 1.39 bits per heavy atom.